The maximum Gasteiger partial charge on any atom is 0.259 e. The first-order valence-electron chi connectivity index (χ1n) is 6.88. The molecule has 0 atom stereocenters. The minimum Gasteiger partial charge on any atom is -0.463 e. The van der Waals surface area contributed by atoms with Crippen molar-refractivity contribution < 1.29 is 14.0 Å². The van der Waals surface area contributed by atoms with Crippen LogP contribution in [0.4, 0.5) is 0 Å². The first-order chi connectivity index (χ1) is 10.7. The molecule has 0 radical (unpaired) electrons. The fourth-order valence-electron chi connectivity index (χ4n) is 1.75. The largest absolute Gasteiger partial charge is 0.463 e. The van der Waals surface area contributed by atoms with Crippen molar-refractivity contribution in [2.24, 2.45) is 5.10 Å². The summed E-state index contributed by atoms with van der Waals surface area (Å²) in [5, 5.41) is 6.27. The maximum atomic E-state index is 11.7. The van der Waals surface area contributed by atoms with Crippen molar-refractivity contribution in [3.8, 4) is 0 Å². The van der Waals surface area contributed by atoms with Gasteiger partial charge in [-0.3, -0.25) is 9.59 Å². The third kappa shape index (κ3) is 5.62. The Kier molecular flexibility index (Phi) is 5.92. The van der Waals surface area contributed by atoms with Crippen LogP contribution in [0, 0.1) is 0 Å². The first kappa shape index (κ1) is 15.5. The summed E-state index contributed by atoms with van der Waals surface area (Å²) in [6.07, 6.45) is 13.6. The molecule has 1 aliphatic carbocycles. The zero-order valence-electron chi connectivity index (χ0n) is 12.0. The lowest BCUT2D eigenvalue weighted by atomic mass is 10.1. The molecule has 0 saturated heterocycles. The average molecular weight is 299 g/mol. The van der Waals surface area contributed by atoms with Gasteiger partial charge >= 0.3 is 0 Å². The van der Waals surface area contributed by atoms with Gasteiger partial charge in [0.2, 0.25) is 5.91 Å². The van der Waals surface area contributed by atoms with Crippen LogP contribution < -0.4 is 10.7 Å². The molecular weight excluding hydrogens is 282 g/mol. The second-order valence-corrected chi connectivity index (χ2v) is 4.56. The summed E-state index contributed by atoms with van der Waals surface area (Å²) in [6, 6.07) is 3.43. The van der Waals surface area contributed by atoms with E-state index in [1.807, 2.05) is 30.4 Å². The van der Waals surface area contributed by atoms with E-state index in [-0.39, 0.29) is 18.9 Å². The second kappa shape index (κ2) is 8.41. The van der Waals surface area contributed by atoms with Crippen LogP contribution in [0.25, 0.3) is 0 Å². The smallest absolute Gasteiger partial charge is 0.259 e. The van der Waals surface area contributed by atoms with E-state index in [4.69, 9.17) is 4.42 Å². The monoisotopic (exact) mass is 299 g/mol. The number of allylic oxidation sites excluding steroid dienone is 5. The molecule has 1 aromatic rings. The van der Waals surface area contributed by atoms with Crippen molar-refractivity contribution in [2.45, 2.75) is 12.8 Å². The van der Waals surface area contributed by atoms with E-state index in [2.05, 4.69) is 15.8 Å². The predicted octanol–water partition coefficient (Wildman–Crippen LogP) is 1.68. The Labute approximate surface area is 128 Å². The summed E-state index contributed by atoms with van der Waals surface area (Å²) >= 11 is 0. The molecule has 6 nitrogen and oxygen atoms in total. The van der Waals surface area contributed by atoms with Gasteiger partial charge in [0.05, 0.1) is 25.4 Å². The van der Waals surface area contributed by atoms with Crippen molar-refractivity contribution >= 4 is 18.0 Å². The standard InChI is InChI=1S/C16H17N3O3/c20-15(10-13-6-3-1-2-4-7-13)17-12-16(21)19-18-11-14-8-5-9-22-14/h1-3,5-9,11H,4,10,12H2,(H,17,20)(H,19,21)/b18-11+. The Morgan fingerprint density at radius 3 is 3.05 bits per heavy atom. The summed E-state index contributed by atoms with van der Waals surface area (Å²) in [5.41, 5.74) is 3.24. The van der Waals surface area contributed by atoms with Gasteiger partial charge in [-0.2, -0.15) is 5.10 Å². The topological polar surface area (TPSA) is 83.7 Å². The van der Waals surface area contributed by atoms with E-state index < -0.39 is 5.91 Å². The minimum atomic E-state index is -0.400. The number of amides is 2. The quantitative estimate of drug-likeness (QED) is 0.619. The lowest BCUT2D eigenvalue weighted by Crippen LogP contribution is -2.34. The number of hydrogen-bond donors (Lipinski definition) is 2. The van der Waals surface area contributed by atoms with Gasteiger partial charge in [-0.25, -0.2) is 5.43 Å². The van der Waals surface area contributed by atoms with Gasteiger partial charge in [-0.15, -0.1) is 0 Å². The number of rotatable bonds is 6. The summed E-state index contributed by atoms with van der Waals surface area (Å²) in [6.45, 7) is -0.121. The van der Waals surface area contributed by atoms with Gasteiger partial charge in [-0.1, -0.05) is 30.4 Å². The van der Waals surface area contributed by atoms with Gasteiger partial charge < -0.3 is 9.73 Å². The minimum absolute atomic E-state index is 0.121. The summed E-state index contributed by atoms with van der Waals surface area (Å²) in [5.74, 6) is -0.0730. The molecule has 1 aliphatic rings. The summed E-state index contributed by atoms with van der Waals surface area (Å²) < 4.78 is 5.02. The van der Waals surface area contributed by atoms with Crippen molar-refractivity contribution in [1.29, 1.82) is 0 Å². The van der Waals surface area contributed by atoms with Crippen LogP contribution in [0.15, 0.2) is 63.9 Å². The van der Waals surface area contributed by atoms with Crippen LogP contribution in [0.5, 0.6) is 0 Å². The average Bonchev–Trinajstić information content (AvgIpc) is 2.89. The van der Waals surface area contributed by atoms with Crippen LogP contribution in [-0.2, 0) is 9.59 Å². The van der Waals surface area contributed by atoms with Crippen molar-refractivity contribution in [3.05, 3.63) is 60.1 Å². The lowest BCUT2D eigenvalue weighted by Gasteiger charge is -2.04. The number of hydrogen-bond acceptors (Lipinski definition) is 4. The van der Waals surface area contributed by atoms with Gasteiger partial charge in [-0.05, 0) is 24.1 Å². The molecular formula is C16H17N3O3. The Hall–Kier alpha value is -2.89. The van der Waals surface area contributed by atoms with E-state index >= 15 is 0 Å². The predicted molar refractivity (Wildman–Crippen MR) is 83.1 cm³/mol. The SMILES string of the molecule is O=C(CC1=CCC=CC=C1)NCC(=O)N/N=C/c1ccco1. The fraction of sp³-hybridized carbons (Fsp3) is 0.188. The third-order valence-corrected chi connectivity index (χ3v) is 2.81. The van der Waals surface area contributed by atoms with Gasteiger partial charge in [0.1, 0.15) is 5.76 Å². The molecule has 2 amide bonds. The number of carbonyl (C=O) groups excluding carboxylic acids is 2. The van der Waals surface area contributed by atoms with Gasteiger partial charge in [0.15, 0.2) is 0 Å². The van der Waals surface area contributed by atoms with E-state index in [0.717, 1.165) is 12.0 Å². The molecule has 0 aliphatic heterocycles. The zero-order valence-corrected chi connectivity index (χ0v) is 12.0. The second-order valence-electron chi connectivity index (χ2n) is 4.56. The van der Waals surface area contributed by atoms with E-state index in [1.165, 1.54) is 12.5 Å². The van der Waals surface area contributed by atoms with E-state index in [9.17, 15) is 9.59 Å². The molecule has 0 fully saturated rings. The van der Waals surface area contributed by atoms with Crippen molar-refractivity contribution in [1.82, 2.24) is 10.7 Å². The highest BCUT2D eigenvalue weighted by atomic mass is 16.3. The molecule has 0 spiro atoms. The molecule has 114 valence electrons. The first-order valence-corrected chi connectivity index (χ1v) is 6.88. The van der Waals surface area contributed by atoms with Crippen molar-refractivity contribution in [2.75, 3.05) is 6.54 Å². The number of furan rings is 1. The Morgan fingerprint density at radius 1 is 1.32 bits per heavy atom. The van der Waals surface area contributed by atoms with Crippen LogP contribution in [0.3, 0.4) is 0 Å². The van der Waals surface area contributed by atoms with E-state index in [0.29, 0.717) is 5.76 Å². The molecule has 2 rings (SSSR count). The highest BCUT2D eigenvalue weighted by Crippen LogP contribution is 2.08. The van der Waals surface area contributed by atoms with E-state index in [1.54, 1.807) is 12.1 Å². The van der Waals surface area contributed by atoms with Crippen LogP contribution >= 0.6 is 0 Å². The Morgan fingerprint density at radius 2 is 2.23 bits per heavy atom. The zero-order chi connectivity index (χ0) is 15.6. The van der Waals surface area contributed by atoms with Gasteiger partial charge in [0, 0.05) is 0 Å². The molecule has 2 N–H and O–H groups in total. The molecule has 0 saturated carbocycles. The third-order valence-electron chi connectivity index (χ3n) is 2.81. The molecule has 1 heterocycles. The highest BCUT2D eigenvalue weighted by molar-refractivity contribution is 5.86. The van der Waals surface area contributed by atoms with Crippen LogP contribution in [-0.4, -0.2) is 24.6 Å². The van der Waals surface area contributed by atoms with Crippen molar-refractivity contribution in [3.63, 3.8) is 0 Å². The number of nitrogens with one attached hydrogen (secondary N) is 2. The molecule has 22 heavy (non-hydrogen) atoms. The number of carbonyl (C=O) groups is 2. The maximum absolute atomic E-state index is 11.7. The highest BCUT2D eigenvalue weighted by Gasteiger charge is 2.06. The molecule has 0 aromatic carbocycles. The normalized spacial score (nSPS) is 13.7. The summed E-state index contributed by atoms with van der Waals surface area (Å²) in [7, 11) is 0. The number of hydrazone groups is 1. The van der Waals surface area contributed by atoms with Crippen LogP contribution in [0.2, 0.25) is 0 Å². The Balaban J connectivity index is 1.67. The summed E-state index contributed by atoms with van der Waals surface area (Å²) in [4.78, 5) is 23.3. The molecule has 1 aromatic heterocycles. The van der Waals surface area contributed by atoms with Crippen LogP contribution in [0.1, 0.15) is 18.6 Å². The van der Waals surface area contributed by atoms with Gasteiger partial charge in [0.25, 0.3) is 5.91 Å². The Bertz CT molecular complexity index is 625. The lowest BCUT2D eigenvalue weighted by molar-refractivity contribution is -0.125. The number of nitrogens with zero attached hydrogens (tertiary/aromatic N) is 1. The molecule has 0 unspecified atom stereocenters. The molecule has 6 heteroatoms. The fourth-order valence-corrected chi connectivity index (χ4v) is 1.75. The molecule has 0 bridgehead atoms.